The van der Waals surface area contributed by atoms with Crippen LogP contribution >= 0.6 is 11.6 Å². The first-order valence-electron chi connectivity index (χ1n) is 4.19. The van der Waals surface area contributed by atoms with Gasteiger partial charge < -0.3 is 4.74 Å². The summed E-state index contributed by atoms with van der Waals surface area (Å²) in [7, 11) is 0. The highest BCUT2D eigenvalue weighted by molar-refractivity contribution is 6.32. The molecular formula is C10H10ClFO2. The first kappa shape index (κ1) is 11.0. The number of hydrogen-bond acceptors (Lipinski definition) is 2. The first-order valence-corrected chi connectivity index (χ1v) is 4.56. The third-order valence-electron chi connectivity index (χ3n) is 1.69. The molecule has 0 aliphatic heterocycles. The van der Waals surface area contributed by atoms with Gasteiger partial charge in [0.1, 0.15) is 0 Å². The molecule has 0 saturated carbocycles. The van der Waals surface area contributed by atoms with Gasteiger partial charge in [-0.15, -0.1) is 0 Å². The number of Topliss-reactive ketones (excluding diaryl/α,β-unsaturated/α-hetero) is 1. The second-order valence-corrected chi connectivity index (χ2v) is 3.17. The van der Waals surface area contributed by atoms with Crippen LogP contribution in [-0.2, 0) is 0 Å². The van der Waals surface area contributed by atoms with Crippen molar-refractivity contribution in [2.24, 2.45) is 0 Å². The number of hydrogen-bond donors (Lipinski definition) is 0. The van der Waals surface area contributed by atoms with E-state index in [1.165, 1.54) is 13.0 Å². The third kappa shape index (κ3) is 2.23. The van der Waals surface area contributed by atoms with Crippen molar-refractivity contribution in [3.8, 4) is 5.75 Å². The number of ketones is 1. The fourth-order valence-electron chi connectivity index (χ4n) is 1.05. The molecule has 2 nitrogen and oxygen atoms in total. The van der Waals surface area contributed by atoms with E-state index in [1.54, 1.807) is 6.92 Å². The van der Waals surface area contributed by atoms with Crippen molar-refractivity contribution in [1.29, 1.82) is 0 Å². The number of rotatable bonds is 3. The van der Waals surface area contributed by atoms with Crippen LogP contribution in [0.2, 0.25) is 5.02 Å². The highest BCUT2D eigenvalue weighted by Gasteiger charge is 2.12. The van der Waals surface area contributed by atoms with Crippen LogP contribution in [0.3, 0.4) is 0 Å². The van der Waals surface area contributed by atoms with Gasteiger partial charge in [-0.25, -0.2) is 4.39 Å². The van der Waals surface area contributed by atoms with Crippen LogP contribution in [0.15, 0.2) is 12.1 Å². The van der Waals surface area contributed by atoms with Crippen LogP contribution in [0.5, 0.6) is 5.75 Å². The Morgan fingerprint density at radius 1 is 1.57 bits per heavy atom. The second kappa shape index (κ2) is 4.42. The topological polar surface area (TPSA) is 26.3 Å². The molecule has 0 aliphatic carbocycles. The molecule has 0 unspecified atom stereocenters. The van der Waals surface area contributed by atoms with Gasteiger partial charge in [0.2, 0.25) is 0 Å². The average molecular weight is 217 g/mol. The van der Waals surface area contributed by atoms with Gasteiger partial charge in [0.15, 0.2) is 17.3 Å². The zero-order valence-corrected chi connectivity index (χ0v) is 8.69. The molecule has 1 aromatic carbocycles. The lowest BCUT2D eigenvalue weighted by atomic mass is 10.1. The Bertz CT molecular complexity index is 340. The summed E-state index contributed by atoms with van der Waals surface area (Å²) in [6, 6.07) is 2.52. The highest BCUT2D eigenvalue weighted by atomic mass is 35.5. The van der Waals surface area contributed by atoms with Gasteiger partial charge in [0, 0.05) is 5.56 Å². The Morgan fingerprint density at radius 2 is 2.21 bits per heavy atom. The molecule has 0 bridgehead atoms. The Morgan fingerprint density at radius 3 is 2.64 bits per heavy atom. The molecule has 0 saturated heterocycles. The molecule has 0 amide bonds. The van der Waals surface area contributed by atoms with E-state index in [1.807, 2.05) is 0 Å². The van der Waals surface area contributed by atoms with Gasteiger partial charge in [-0.2, -0.15) is 0 Å². The van der Waals surface area contributed by atoms with Crippen molar-refractivity contribution in [3.05, 3.63) is 28.5 Å². The van der Waals surface area contributed by atoms with Gasteiger partial charge in [0.05, 0.1) is 11.6 Å². The first-order chi connectivity index (χ1) is 6.56. The number of carbonyl (C=O) groups excluding carboxylic acids is 1. The standard InChI is InChI=1S/C10H10ClFO2/c1-3-14-10-8(11)4-7(6(2)13)5-9(10)12/h4-5H,3H2,1-2H3. The Kier molecular flexibility index (Phi) is 3.47. The summed E-state index contributed by atoms with van der Waals surface area (Å²) < 4.78 is 18.3. The zero-order chi connectivity index (χ0) is 10.7. The van der Waals surface area contributed by atoms with E-state index in [-0.39, 0.29) is 22.1 Å². The molecule has 0 atom stereocenters. The van der Waals surface area contributed by atoms with E-state index in [9.17, 15) is 9.18 Å². The lowest BCUT2D eigenvalue weighted by Gasteiger charge is -2.07. The summed E-state index contributed by atoms with van der Waals surface area (Å²) in [6.07, 6.45) is 0. The fraction of sp³-hybridized carbons (Fsp3) is 0.300. The monoisotopic (exact) mass is 216 g/mol. The summed E-state index contributed by atoms with van der Waals surface area (Å²) in [5.74, 6) is -0.836. The Labute approximate surface area is 86.6 Å². The third-order valence-corrected chi connectivity index (χ3v) is 1.97. The van der Waals surface area contributed by atoms with Crippen molar-refractivity contribution in [3.63, 3.8) is 0 Å². The molecular weight excluding hydrogens is 207 g/mol. The SMILES string of the molecule is CCOc1c(F)cc(C(C)=O)cc1Cl. The number of benzene rings is 1. The van der Waals surface area contributed by atoms with Crippen molar-refractivity contribution in [1.82, 2.24) is 0 Å². The molecule has 0 heterocycles. The normalized spacial score (nSPS) is 10.0. The summed E-state index contributed by atoms with van der Waals surface area (Å²) in [5, 5.41) is 0.122. The van der Waals surface area contributed by atoms with Gasteiger partial charge in [-0.3, -0.25) is 4.79 Å². The maximum atomic E-state index is 13.3. The molecule has 4 heteroatoms. The van der Waals surface area contributed by atoms with Gasteiger partial charge in [-0.05, 0) is 26.0 Å². The quantitative estimate of drug-likeness (QED) is 0.726. The van der Waals surface area contributed by atoms with Crippen LogP contribution < -0.4 is 4.74 Å². The highest BCUT2D eigenvalue weighted by Crippen LogP contribution is 2.29. The van der Waals surface area contributed by atoms with Crippen molar-refractivity contribution < 1.29 is 13.9 Å². The minimum atomic E-state index is -0.607. The minimum absolute atomic E-state index is 0.000772. The smallest absolute Gasteiger partial charge is 0.173 e. The maximum absolute atomic E-state index is 13.3. The average Bonchev–Trinajstić information content (AvgIpc) is 2.10. The van der Waals surface area contributed by atoms with E-state index in [4.69, 9.17) is 16.3 Å². The van der Waals surface area contributed by atoms with Gasteiger partial charge >= 0.3 is 0 Å². The molecule has 14 heavy (non-hydrogen) atoms. The van der Waals surface area contributed by atoms with Crippen LogP contribution in [0.25, 0.3) is 0 Å². The van der Waals surface area contributed by atoms with Crippen molar-refractivity contribution in [2.75, 3.05) is 6.61 Å². The predicted octanol–water partition coefficient (Wildman–Crippen LogP) is 3.08. The van der Waals surface area contributed by atoms with Crippen LogP contribution in [0.1, 0.15) is 24.2 Å². The summed E-state index contributed by atoms with van der Waals surface area (Å²) >= 11 is 5.74. The molecule has 0 spiro atoms. The summed E-state index contributed by atoms with van der Waals surface area (Å²) in [4.78, 5) is 11.0. The van der Waals surface area contributed by atoms with Gasteiger partial charge in [-0.1, -0.05) is 11.6 Å². The lowest BCUT2D eigenvalue weighted by molar-refractivity contribution is 0.101. The molecule has 0 N–H and O–H groups in total. The molecule has 0 fully saturated rings. The molecule has 1 rings (SSSR count). The fourth-order valence-corrected chi connectivity index (χ4v) is 1.31. The van der Waals surface area contributed by atoms with E-state index in [0.29, 0.717) is 6.61 Å². The van der Waals surface area contributed by atoms with E-state index >= 15 is 0 Å². The Hall–Kier alpha value is -1.09. The largest absolute Gasteiger partial charge is 0.489 e. The minimum Gasteiger partial charge on any atom is -0.489 e. The number of halogens is 2. The summed E-state index contributed by atoms with van der Waals surface area (Å²) in [5.41, 5.74) is 0.246. The van der Waals surface area contributed by atoms with Gasteiger partial charge in [0.25, 0.3) is 0 Å². The molecule has 1 aromatic rings. The van der Waals surface area contributed by atoms with Crippen LogP contribution in [0, 0.1) is 5.82 Å². The van der Waals surface area contributed by atoms with Crippen LogP contribution in [-0.4, -0.2) is 12.4 Å². The molecule has 76 valence electrons. The van der Waals surface area contributed by atoms with E-state index in [2.05, 4.69) is 0 Å². The van der Waals surface area contributed by atoms with Crippen molar-refractivity contribution in [2.45, 2.75) is 13.8 Å². The maximum Gasteiger partial charge on any atom is 0.173 e. The molecule has 0 radical (unpaired) electrons. The second-order valence-electron chi connectivity index (χ2n) is 2.76. The lowest BCUT2D eigenvalue weighted by Crippen LogP contribution is -1.99. The Balaban J connectivity index is 3.18. The van der Waals surface area contributed by atoms with Crippen molar-refractivity contribution >= 4 is 17.4 Å². The number of ether oxygens (including phenoxy) is 1. The predicted molar refractivity (Wildman–Crippen MR) is 52.6 cm³/mol. The van der Waals surface area contributed by atoms with E-state index < -0.39 is 5.82 Å². The molecule has 0 aromatic heterocycles. The summed E-state index contributed by atoms with van der Waals surface area (Å²) in [6.45, 7) is 3.41. The van der Waals surface area contributed by atoms with E-state index in [0.717, 1.165) is 6.07 Å². The number of carbonyl (C=O) groups is 1. The van der Waals surface area contributed by atoms with Crippen LogP contribution in [0.4, 0.5) is 4.39 Å². The zero-order valence-electron chi connectivity index (χ0n) is 7.93. The molecule has 0 aliphatic rings.